The van der Waals surface area contributed by atoms with Crippen LogP contribution < -0.4 is 17.2 Å². The van der Waals surface area contributed by atoms with Gasteiger partial charge in [0.05, 0.1) is 6.04 Å². The van der Waals surface area contributed by atoms with Crippen LogP contribution in [0.15, 0.2) is 17.3 Å². The monoisotopic (exact) mass is 172 g/mol. The summed E-state index contributed by atoms with van der Waals surface area (Å²) in [6, 6.07) is -0.376. The maximum Gasteiger partial charge on any atom is 0.185 e. The van der Waals surface area contributed by atoms with Crippen LogP contribution in [0.3, 0.4) is 0 Å². The lowest BCUT2D eigenvalue weighted by molar-refractivity contribution is 0.360. The molecule has 0 fully saturated rings. The summed E-state index contributed by atoms with van der Waals surface area (Å²) in [7, 11) is 0. The van der Waals surface area contributed by atoms with Crippen LogP contribution in [-0.4, -0.2) is 23.7 Å². The van der Waals surface area contributed by atoms with E-state index in [0.29, 0.717) is 13.0 Å². The summed E-state index contributed by atoms with van der Waals surface area (Å²) in [5.74, 6) is 0.0751. The van der Waals surface area contributed by atoms with E-state index in [1.54, 1.807) is 0 Å². The van der Waals surface area contributed by atoms with Gasteiger partial charge in [0.2, 0.25) is 0 Å². The number of aliphatic hydroxyl groups is 1. The van der Waals surface area contributed by atoms with Crippen LogP contribution in [-0.2, 0) is 0 Å². The molecule has 0 aliphatic heterocycles. The SMILES string of the molecule is C=C(O)C(N)CCCN=C(N)N. The van der Waals surface area contributed by atoms with Crippen molar-refractivity contribution in [3.05, 3.63) is 12.3 Å². The van der Waals surface area contributed by atoms with Gasteiger partial charge >= 0.3 is 0 Å². The van der Waals surface area contributed by atoms with Gasteiger partial charge in [-0.25, -0.2) is 0 Å². The number of aliphatic imine (C=N–C) groups is 1. The Labute approximate surface area is 71.9 Å². The van der Waals surface area contributed by atoms with Gasteiger partial charge in [-0.05, 0) is 12.8 Å². The molecule has 5 heteroatoms. The Morgan fingerprint density at radius 1 is 1.50 bits per heavy atom. The van der Waals surface area contributed by atoms with Gasteiger partial charge in [0.1, 0.15) is 5.76 Å². The summed E-state index contributed by atoms with van der Waals surface area (Å²) < 4.78 is 0. The van der Waals surface area contributed by atoms with E-state index in [1.807, 2.05) is 0 Å². The quantitative estimate of drug-likeness (QED) is 0.193. The molecule has 12 heavy (non-hydrogen) atoms. The van der Waals surface area contributed by atoms with E-state index in [1.165, 1.54) is 0 Å². The Balaban J connectivity index is 3.44. The molecule has 0 aliphatic carbocycles. The lowest BCUT2D eigenvalue weighted by Gasteiger charge is -2.07. The standard InChI is InChI=1S/C7H16N4O/c1-5(12)6(8)3-2-4-11-7(9)10/h6,12H,1-4,8H2,(H4,9,10,11). The number of rotatable bonds is 5. The van der Waals surface area contributed by atoms with E-state index in [4.69, 9.17) is 22.3 Å². The van der Waals surface area contributed by atoms with E-state index in [-0.39, 0.29) is 17.8 Å². The average Bonchev–Trinajstić information content (AvgIpc) is 1.97. The lowest BCUT2D eigenvalue weighted by atomic mass is 10.1. The Kier molecular flexibility index (Phi) is 4.87. The van der Waals surface area contributed by atoms with Crippen molar-refractivity contribution in [2.45, 2.75) is 18.9 Å². The van der Waals surface area contributed by atoms with Gasteiger partial charge in [-0.3, -0.25) is 4.99 Å². The van der Waals surface area contributed by atoms with Crippen LogP contribution in [0.4, 0.5) is 0 Å². The van der Waals surface area contributed by atoms with Crippen molar-refractivity contribution in [3.63, 3.8) is 0 Å². The highest BCUT2D eigenvalue weighted by atomic mass is 16.3. The number of nitrogens with zero attached hydrogens (tertiary/aromatic N) is 1. The molecule has 0 heterocycles. The van der Waals surface area contributed by atoms with Gasteiger partial charge in [0, 0.05) is 6.54 Å². The van der Waals surface area contributed by atoms with E-state index in [0.717, 1.165) is 6.42 Å². The molecule has 0 aromatic carbocycles. The Hall–Kier alpha value is -1.23. The van der Waals surface area contributed by atoms with Crippen LogP contribution in [0.5, 0.6) is 0 Å². The predicted molar refractivity (Wildman–Crippen MR) is 49.7 cm³/mol. The highest BCUT2D eigenvalue weighted by Gasteiger charge is 2.03. The van der Waals surface area contributed by atoms with Crippen molar-refractivity contribution in [1.82, 2.24) is 0 Å². The summed E-state index contributed by atoms with van der Waals surface area (Å²) >= 11 is 0. The highest BCUT2D eigenvalue weighted by Crippen LogP contribution is 2.00. The molecule has 1 unspecified atom stereocenters. The molecule has 0 aromatic heterocycles. The normalized spacial score (nSPS) is 12.1. The predicted octanol–water partition coefficient (Wildman–Crippen LogP) is -0.561. The topological polar surface area (TPSA) is 111 Å². The Bertz CT molecular complexity index is 174. The number of guanidine groups is 1. The minimum atomic E-state index is -0.376. The van der Waals surface area contributed by atoms with Crippen molar-refractivity contribution >= 4 is 5.96 Å². The second-order valence-corrected chi connectivity index (χ2v) is 2.55. The molecular formula is C7H16N4O. The summed E-state index contributed by atoms with van der Waals surface area (Å²) in [5.41, 5.74) is 15.7. The largest absolute Gasteiger partial charge is 0.511 e. The number of hydrogen-bond acceptors (Lipinski definition) is 3. The van der Waals surface area contributed by atoms with Crippen molar-refractivity contribution in [1.29, 1.82) is 0 Å². The molecule has 0 saturated heterocycles. The van der Waals surface area contributed by atoms with Gasteiger partial charge in [0.15, 0.2) is 5.96 Å². The molecular weight excluding hydrogens is 156 g/mol. The van der Waals surface area contributed by atoms with Crippen LogP contribution in [0, 0.1) is 0 Å². The van der Waals surface area contributed by atoms with Crippen LogP contribution in [0.2, 0.25) is 0 Å². The van der Waals surface area contributed by atoms with Crippen LogP contribution in [0.25, 0.3) is 0 Å². The second-order valence-electron chi connectivity index (χ2n) is 2.55. The lowest BCUT2D eigenvalue weighted by Crippen LogP contribution is -2.24. The molecule has 1 atom stereocenters. The maximum absolute atomic E-state index is 8.82. The molecule has 0 bridgehead atoms. The molecule has 0 amide bonds. The fraction of sp³-hybridized carbons (Fsp3) is 0.571. The van der Waals surface area contributed by atoms with Gasteiger partial charge in [-0.1, -0.05) is 6.58 Å². The fourth-order valence-corrected chi connectivity index (χ4v) is 0.686. The van der Waals surface area contributed by atoms with E-state index in [9.17, 15) is 0 Å². The van der Waals surface area contributed by atoms with Crippen LogP contribution in [0.1, 0.15) is 12.8 Å². The number of nitrogens with two attached hydrogens (primary N) is 3. The van der Waals surface area contributed by atoms with Crippen molar-refractivity contribution in [3.8, 4) is 0 Å². The minimum Gasteiger partial charge on any atom is -0.511 e. The zero-order chi connectivity index (χ0) is 9.56. The summed E-state index contributed by atoms with van der Waals surface area (Å²) in [5, 5.41) is 8.82. The third-order valence-electron chi connectivity index (χ3n) is 1.40. The first-order chi connectivity index (χ1) is 5.54. The van der Waals surface area contributed by atoms with Gasteiger partial charge in [-0.2, -0.15) is 0 Å². The summed E-state index contributed by atoms with van der Waals surface area (Å²) in [4.78, 5) is 3.76. The Morgan fingerprint density at radius 2 is 2.08 bits per heavy atom. The summed E-state index contributed by atoms with van der Waals surface area (Å²) in [6.45, 7) is 3.85. The first-order valence-corrected chi connectivity index (χ1v) is 3.72. The third-order valence-corrected chi connectivity index (χ3v) is 1.40. The summed E-state index contributed by atoms with van der Waals surface area (Å²) in [6.07, 6.45) is 1.37. The zero-order valence-corrected chi connectivity index (χ0v) is 7.03. The zero-order valence-electron chi connectivity index (χ0n) is 7.03. The molecule has 0 radical (unpaired) electrons. The van der Waals surface area contributed by atoms with Gasteiger partial charge in [-0.15, -0.1) is 0 Å². The minimum absolute atomic E-state index is 0.000278. The maximum atomic E-state index is 8.82. The smallest absolute Gasteiger partial charge is 0.185 e. The molecule has 0 aromatic rings. The van der Waals surface area contributed by atoms with Crippen molar-refractivity contribution in [2.24, 2.45) is 22.2 Å². The molecule has 0 aliphatic rings. The highest BCUT2D eigenvalue weighted by molar-refractivity contribution is 5.75. The van der Waals surface area contributed by atoms with Crippen molar-refractivity contribution in [2.75, 3.05) is 6.54 Å². The molecule has 0 rings (SSSR count). The van der Waals surface area contributed by atoms with Crippen molar-refractivity contribution < 1.29 is 5.11 Å². The fourth-order valence-electron chi connectivity index (χ4n) is 0.686. The second kappa shape index (κ2) is 5.42. The number of hydrogen-bond donors (Lipinski definition) is 4. The molecule has 0 spiro atoms. The van der Waals surface area contributed by atoms with Crippen LogP contribution >= 0.6 is 0 Å². The molecule has 0 saturated carbocycles. The Morgan fingerprint density at radius 3 is 2.50 bits per heavy atom. The molecule has 7 N–H and O–H groups in total. The molecule has 5 nitrogen and oxygen atoms in total. The average molecular weight is 172 g/mol. The number of aliphatic hydroxyl groups excluding tert-OH is 1. The molecule has 70 valence electrons. The third kappa shape index (κ3) is 5.55. The van der Waals surface area contributed by atoms with E-state index < -0.39 is 0 Å². The van der Waals surface area contributed by atoms with Gasteiger partial charge < -0.3 is 22.3 Å². The first-order valence-electron chi connectivity index (χ1n) is 3.72. The first kappa shape index (κ1) is 10.8. The van der Waals surface area contributed by atoms with Gasteiger partial charge in [0.25, 0.3) is 0 Å². The van der Waals surface area contributed by atoms with E-state index in [2.05, 4.69) is 11.6 Å². The van der Waals surface area contributed by atoms with E-state index >= 15 is 0 Å².